The SMILES string of the molecule is CC(C)[C@H]1CC[C@H](C)C[C@@H]1OC(=O)COC(=O)c1cc(S(=O)(=O)N2CCc3ccccc3C2)ccc1Cl. The predicted molar refractivity (Wildman–Crippen MR) is 141 cm³/mol. The van der Waals surface area contributed by atoms with Crippen molar-refractivity contribution in [1.29, 1.82) is 0 Å². The number of carbonyl (C=O) groups is 2. The smallest absolute Gasteiger partial charge is 0.344 e. The average Bonchev–Trinajstić information content (AvgIpc) is 2.87. The number of nitrogens with zero attached hydrogens (tertiary/aromatic N) is 1. The summed E-state index contributed by atoms with van der Waals surface area (Å²) in [6.45, 7) is 6.41. The summed E-state index contributed by atoms with van der Waals surface area (Å²) in [7, 11) is -3.87. The molecule has 9 heteroatoms. The first-order chi connectivity index (χ1) is 17.6. The van der Waals surface area contributed by atoms with Crippen molar-refractivity contribution in [2.45, 2.75) is 64.0 Å². The first-order valence-corrected chi connectivity index (χ1v) is 14.6. The van der Waals surface area contributed by atoms with E-state index in [0.717, 1.165) is 30.4 Å². The molecule has 1 heterocycles. The maximum Gasteiger partial charge on any atom is 0.344 e. The van der Waals surface area contributed by atoms with Gasteiger partial charge in [-0.2, -0.15) is 4.31 Å². The fourth-order valence-corrected chi connectivity index (χ4v) is 6.94. The van der Waals surface area contributed by atoms with E-state index in [9.17, 15) is 18.0 Å². The molecule has 0 radical (unpaired) electrons. The molecule has 0 N–H and O–H groups in total. The molecular weight excluding hydrogens is 514 g/mol. The Morgan fingerprint density at radius 2 is 1.84 bits per heavy atom. The van der Waals surface area contributed by atoms with Crippen LogP contribution in [-0.4, -0.2) is 43.9 Å². The molecule has 37 heavy (non-hydrogen) atoms. The molecular formula is C28H34ClNO6S. The minimum absolute atomic E-state index is 0.0438. The summed E-state index contributed by atoms with van der Waals surface area (Å²) in [6.07, 6.45) is 3.29. The van der Waals surface area contributed by atoms with Crippen molar-refractivity contribution in [2.75, 3.05) is 13.2 Å². The molecule has 0 amide bonds. The maximum absolute atomic E-state index is 13.3. The van der Waals surface area contributed by atoms with Crippen LogP contribution in [0.1, 0.15) is 61.5 Å². The van der Waals surface area contributed by atoms with Crippen molar-refractivity contribution in [1.82, 2.24) is 4.31 Å². The molecule has 7 nitrogen and oxygen atoms in total. The van der Waals surface area contributed by atoms with Crippen molar-refractivity contribution in [3.8, 4) is 0 Å². The first kappa shape index (κ1) is 27.6. The van der Waals surface area contributed by atoms with E-state index in [1.807, 2.05) is 24.3 Å². The number of halogens is 1. The molecule has 200 valence electrons. The van der Waals surface area contributed by atoms with Gasteiger partial charge in [-0.1, -0.05) is 63.1 Å². The van der Waals surface area contributed by atoms with Gasteiger partial charge in [0.1, 0.15) is 6.10 Å². The van der Waals surface area contributed by atoms with E-state index in [0.29, 0.717) is 24.8 Å². The highest BCUT2D eigenvalue weighted by molar-refractivity contribution is 7.89. The Morgan fingerprint density at radius 3 is 2.57 bits per heavy atom. The van der Waals surface area contributed by atoms with Gasteiger partial charge in [-0.3, -0.25) is 0 Å². The molecule has 0 bridgehead atoms. The Balaban J connectivity index is 1.42. The summed E-state index contributed by atoms with van der Waals surface area (Å²) in [4.78, 5) is 25.2. The van der Waals surface area contributed by atoms with Crippen LogP contribution >= 0.6 is 11.6 Å². The molecule has 1 aliphatic carbocycles. The summed E-state index contributed by atoms with van der Waals surface area (Å²) in [5.74, 6) is -0.378. The second kappa shape index (κ2) is 11.5. The topological polar surface area (TPSA) is 90.0 Å². The molecule has 2 aromatic rings. The van der Waals surface area contributed by atoms with E-state index in [-0.39, 0.29) is 34.0 Å². The van der Waals surface area contributed by atoms with Gasteiger partial charge in [0.05, 0.1) is 15.5 Å². The lowest BCUT2D eigenvalue weighted by molar-refractivity contribution is -0.159. The van der Waals surface area contributed by atoms with Gasteiger partial charge in [0.15, 0.2) is 6.61 Å². The summed E-state index contributed by atoms with van der Waals surface area (Å²) >= 11 is 6.21. The number of esters is 2. The number of carbonyl (C=O) groups excluding carboxylic acids is 2. The molecule has 1 aliphatic heterocycles. The molecule has 2 aromatic carbocycles. The number of fused-ring (bicyclic) bond motifs is 1. The molecule has 2 aliphatic rings. The van der Waals surface area contributed by atoms with Crippen molar-refractivity contribution in [3.63, 3.8) is 0 Å². The summed E-state index contributed by atoms with van der Waals surface area (Å²) in [6, 6.07) is 11.7. The van der Waals surface area contributed by atoms with Crippen molar-refractivity contribution >= 4 is 33.6 Å². The van der Waals surface area contributed by atoms with E-state index < -0.39 is 28.6 Å². The Hall–Kier alpha value is -2.42. The number of rotatable bonds is 7. The molecule has 0 unspecified atom stereocenters. The van der Waals surface area contributed by atoms with Gasteiger partial charge in [-0.05, 0) is 66.3 Å². The summed E-state index contributed by atoms with van der Waals surface area (Å²) in [5, 5.41) is 0.0438. The minimum atomic E-state index is -3.87. The third kappa shape index (κ3) is 6.36. The number of benzene rings is 2. The predicted octanol–water partition coefficient (Wildman–Crippen LogP) is 5.25. The van der Waals surface area contributed by atoms with E-state index in [1.165, 1.54) is 22.5 Å². The van der Waals surface area contributed by atoms with Crippen molar-refractivity contribution < 1.29 is 27.5 Å². The third-order valence-corrected chi connectivity index (χ3v) is 9.63. The zero-order chi connectivity index (χ0) is 26.7. The number of hydrogen-bond acceptors (Lipinski definition) is 6. The fraction of sp³-hybridized carbons (Fsp3) is 0.500. The second-order valence-electron chi connectivity index (χ2n) is 10.4. The van der Waals surface area contributed by atoms with Gasteiger partial charge < -0.3 is 9.47 Å². The lowest BCUT2D eigenvalue weighted by atomic mass is 9.75. The Labute approximate surface area is 224 Å². The molecule has 0 saturated heterocycles. The highest BCUT2D eigenvalue weighted by atomic mass is 35.5. The zero-order valence-corrected chi connectivity index (χ0v) is 23.1. The molecule has 4 rings (SSSR count). The third-order valence-electron chi connectivity index (χ3n) is 7.46. The van der Waals surface area contributed by atoms with Crippen molar-refractivity contribution in [2.24, 2.45) is 17.8 Å². The van der Waals surface area contributed by atoms with Gasteiger partial charge in [-0.25, -0.2) is 18.0 Å². The largest absolute Gasteiger partial charge is 0.460 e. The van der Waals surface area contributed by atoms with E-state index in [4.69, 9.17) is 21.1 Å². The Kier molecular flexibility index (Phi) is 8.61. The Morgan fingerprint density at radius 1 is 1.11 bits per heavy atom. The van der Waals surface area contributed by atoms with Gasteiger partial charge in [0.25, 0.3) is 0 Å². The zero-order valence-electron chi connectivity index (χ0n) is 21.5. The van der Waals surface area contributed by atoms with E-state index in [1.54, 1.807) is 0 Å². The lowest BCUT2D eigenvalue weighted by Gasteiger charge is -2.36. The monoisotopic (exact) mass is 547 g/mol. The van der Waals surface area contributed by atoms with Crippen LogP contribution < -0.4 is 0 Å². The highest BCUT2D eigenvalue weighted by Gasteiger charge is 2.34. The van der Waals surface area contributed by atoms with E-state index >= 15 is 0 Å². The van der Waals surface area contributed by atoms with Crippen LogP contribution in [0.25, 0.3) is 0 Å². The van der Waals surface area contributed by atoms with Crippen LogP contribution in [0.15, 0.2) is 47.4 Å². The quantitative estimate of drug-likeness (QED) is 0.440. The average molecular weight is 548 g/mol. The summed E-state index contributed by atoms with van der Waals surface area (Å²) in [5.41, 5.74) is 1.97. The minimum Gasteiger partial charge on any atom is -0.460 e. The molecule has 1 fully saturated rings. The van der Waals surface area contributed by atoms with Gasteiger partial charge in [-0.15, -0.1) is 0 Å². The number of ether oxygens (including phenoxy) is 2. The lowest BCUT2D eigenvalue weighted by Crippen LogP contribution is -2.37. The van der Waals surface area contributed by atoms with Crippen molar-refractivity contribution in [3.05, 3.63) is 64.2 Å². The normalized spacial score (nSPS) is 22.4. The summed E-state index contributed by atoms with van der Waals surface area (Å²) < 4.78 is 38.9. The van der Waals surface area contributed by atoms with E-state index in [2.05, 4.69) is 20.8 Å². The maximum atomic E-state index is 13.3. The number of sulfonamides is 1. The second-order valence-corrected chi connectivity index (χ2v) is 12.8. The molecule has 0 spiro atoms. The van der Waals surface area contributed by atoms with Gasteiger partial charge in [0.2, 0.25) is 10.0 Å². The Bertz CT molecular complexity index is 1260. The fourth-order valence-electron chi connectivity index (χ4n) is 5.30. The van der Waals surface area contributed by atoms with Crippen LogP contribution in [-0.2, 0) is 37.3 Å². The first-order valence-electron chi connectivity index (χ1n) is 12.8. The van der Waals surface area contributed by atoms with Gasteiger partial charge >= 0.3 is 11.9 Å². The molecule has 3 atom stereocenters. The standard InChI is InChI=1S/C28H34ClNO6S/c1-18(2)23-10-8-19(3)14-26(23)36-27(31)17-35-28(32)24-15-22(9-11-25(24)29)37(33,34)30-13-12-20-6-4-5-7-21(20)16-30/h4-7,9,11,15,18-19,23,26H,8,10,12-14,16-17H2,1-3H3/t19-,23+,26-/m0/s1. The number of hydrogen-bond donors (Lipinski definition) is 0. The van der Waals surface area contributed by atoms with Crippen LogP contribution in [0.5, 0.6) is 0 Å². The van der Waals surface area contributed by atoms with Crippen LogP contribution in [0.4, 0.5) is 0 Å². The van der Waals surface area contributed by atoms with Crippen LogP contribution in [0.3, 0.4) is 0 Å². The van der Waals surface area contributed by atoms with Crippen LogP contribution in [0.2, 0.25) is 5.02 Å². The highest BCUT2D eigenvalue weighted by Crippen LogP contribution is 2.35. The molecule has 0 aromatic heterocycles. The van der Waals surface area contributed by atoms with Gasteiger partial charge in [0, 0.05) is 13.1 Å². The molecule has 1 saturated carbocycles. The van der Waals surface area contributed by atoms with Crippen LogP contribution in [0, 0.1) is 17.8 Å².